The number of thioether (sulfide) groups is 1. The van der Waals surface area contributed by atoms with Crippen LogP contribution in [0.1, 0.15) is 28.8 Å². The highest BCUT2D eigenvalue weighted by molar-refractivity contribution is 7.99. The lowest BCUT2D eigenvalue weighted by molar-refractivity contribution is 0.102. The second kappa shape index (κ2) is 9.90. The van der Waals surface area contributed by atoms with Crippen LogP contribution in [-0.4, -0.2) is 47.7 Å². The summed E-state index contributed by atoms with van der Waals surface area (Å²) < 4.78 is 33.3. The molecule has 0 radical (unpaired) electrons. The molecule has 0 bridgehead atoms. The van der Waals surface area contributed by atoms with E-state index in [-0.39, 0.29) is 16.3 Å². The Balaban J connectivity index is 1.60. The van der Waals surface area contributed by atoms with Crippen molar-refractivity contribution in [2.75, 3.05) is 24.2 Å². The lowest BCUT2D eigenvalue weighted by Gasteiger charge is -2.18. The second-order valence-electron chi connectivity index (χ2n) is 7.56. The lowest BCUT2D eigenvalue weighted by Crippen LogP contribution is -2.28. The zero-order valence-corrected chi connectivity index (χ0v) is 19.8. The number of sulfonamides is 1. The fourth-order valence-corrected chi connectivity index (χ4v) is 5.83. The number of hydrogen-bond donors (Lipinski definition) is 1. The summed E-state index contributed by atoms with van der Waals surface area (Å²) in [5.74, 6) is 0.482. The van der Waals surface area contributed by atoms with Crippen LogP contribution < -0.4 is 5.32 Å². The Morgan fingerprint density at radius 3 is 2.73 bits per heavy atom. The molecule has 1 aromatic heterocycles. The van der Waals surface area contributed by atoms with E-state index in [1.165, 1.54) is 22.1 Å². The number of rotatable bonds is 8. The first kappa shape index (κ1) is 23.2. The molecule has 8 nitrogen and oxygen atoms in total. The lowest BCUT2D eigenvalue weighted by atomic mass is 10.1. The fraction of sp³-hybridized carbons (Fsp3) is 0.261. The summed E-state index contributed by atoms with van der Waals surface area (Å²) in [6.07, 6.45) is 3.43. The molecule has 1 saturated heterocycles. The molecule has 0 unspecified atom stereocenters. The van der Waals surface area contributed by atoms with Gasteiger partial charge in [0.15, 0.2) is 0 Å². The third-order valence-electron chi connectivity index (χ3n) is 5.27. The number of carbonyl (C=O) groups excluding carboxylic acids is 1. The van der Waals surface area contributed by atoms with Crippen LogP contribution in [0, 0.1) is 6.92 Å². The van der Waals surface area contributed by atoms with Gasteiger partial charge >= 0.3 is 0 Å². The Morgan fingerprint density at radius 2 is 1.97 bits per heavy atom. The summed E-state index contributed by atoms with van der Waals surface area (Å²) in [7, 11) is -3.64. The Kier molecular flexibility index (Phi) is 6.96. The van der Waals surface area contributed by atoms with Gasteiger partial charge in [-0.25, -0.2) is 8.42 Å². The summed E-state index contributed by atoms with van der Waals surface area (Å²) in [4.78, 5) is 13.2. The molecule has 0 saturated carbocycles. The molecular weight excluding hydrogens is 460 g/mol. The number of nitrogens with zero attached hydrogens (tertiary/aromatic N) is 3. The van der Waals surface area contributed by atoms with E-state index in [9.17, 15) is 13.2 Å². The van der Waals surface area contributed by atoms with Crippen molar-refractivity contribution in [3.63, 3.8) is 0 Å². The van der Waals surface area contributed by atoms with Gasteiger partial charge in [-0.1, -0.05) is 36.0 Å². The van der Waals surface area contributed by atoms with Crippen molar-refractivity contribution in [1.82, 2.24) is 14.5 Å². The van der Waals surface area contributed by atoms with Gasteiger partial charge in [-0.05, 0) is 49.6 Å². The third-order valence-corrected chi connectivity index (χ3v) is 8.12. The van der Waals surface area contributed by atoms with Crippen LogP contribution in [0.25, 0.3) is 11.5 Å². The minimum atomic E-state index is -3.64. The number of amides is 1. The van der Waals surface area contributed by atoms with Crippen molar-refractivity contribution in [3.05, 3.63) is 66.2 Å². The third kappa shape index (κ3) is 5.02. The Morgan fingerprint density at radius 1 is 1.21 bits per heavy atom. The first-order valence-electron chi connectivity index (χ1n) is 10.5. The standard InChI is InChI=1S/C23H24N4O4S2/c1-3-14-32-23-26-25-22(31-23)18-8-4-5-9-19(18)24-21(28)17-11-10-16(2)20(15-17)33(29,30)27-12-6-7-13-27/h3-5,8-11,15H,1,6-7,12-14H2,2H3,(H,24,28). The molecule has 0 atom stereocenters. The molecule has 33 heavy (non-hydrogen) atoms. The maximum atomic E-state index is 13.1. The van der Waals surface area contributed by atoms with Crippen LogP contribution >= 0.6 is 11.8 Å². The van der Waals surface area contributed by atoms with Crippen molar-refractivity contribution in [1.29, 1.82) is 0 Å². The Labute approximate surface area is 197 Å². The van der Waals surface area contributed by atoms with Gasteiger partial charge in [0.25, 0.3) is 17.0 Å². The van der Waals surface area contributed by atoms with E-state index in [1.54, 1.807) is 49.4 Å². The molecule has 1 aliphatic rings. The number of para-hydroxylation sites is 1. The van der Waals surface area contributed by atoms with Crippen LogP contribution in [0.2, 0.25) is 0 Å². The van der Waals surface area contributed by atoms with E-state index in [4.69, 9.17) is 4.42 Å². The van der Waals surface area contributed by atoms with Crippen LogP contribution in [0.3, 0.4) is 0 Å². The Bertz CT molecular complexity index is 1280. The molecule has 172 valence electrons. The van der Waals surface area contributed by atoms with Crippen molar-refractivity contribution >= 4 is 33.4 Å². The highest BCUT2D eigenvalue weighted by Gasteiger charge is 2.29. The summed E-state index contributed by atoms with van der Waals surface area (Å²) in [6, 6.07) is 11.8. The first-order valence-corrected chi connectivity index (χ1v) is 12.9. The van der Waals surface area contributed by atoms with Gasteiger partial charge in [0.2, 0.25) is 10.0 Å². The second-order valence-corrected chi connectivity index (χ2v) is 10.4. The SMILES string of the molecule is C=CCSc1nnc(-c2ccccc2NC(=O)c2ccc(C)c(S(=O)(=O)N3CCCC3)c2)o1. The molecule has 0 spiro atoms. The topological polar surface area (TPSA) is 105 Å². The van der Waals surface area contributed by atoms with E-state index >= 15 is 0 Å². The number of aromatic nitrogens is 2. The fourth-order valence-electron chi connectivity index (χ4n) is 3.57. The van der Waals surface area contributed by atoms with E-state index in [0.29, 0.717) is 40.9 Å². The summed E-state index contributed by atoms with van der Waals surface area (Å²) in [6.45, 7) is 6.41. The van der Waals surface area contributed by atoms with E-state index in [1.807, 2.05) is 0 Å². The molecule has 1 N–H and O–H groups in total. The zero-order valence-electron chi connectivity index (χ0n) is 18.2. The smallest absolute Gasteiger partial charge is 0.277 e. The zero-order chi connectivity index (χ0) is 23.4. The predicted octanol–water partition coefficient (Wildman–Crippen LogP) is 4.36. The molecule has 0 aliphatic carbocycles. The van der Waals surface area contributed by atoms with Crippen molar-refractivity contribution < 1.29 is 17.6 Å². The van der Waals surface area contributed by atoms with Crippen LogP contribution in [-0.2, 0) is 10.0 Å². The molecule has 1 fully saturated rings. The number of benzene rings is 2. The molecule has 1 aliphatic heterocycles. The average molecular weight is 485 g/mol. The van der Waals surface area contributed by atoms with E-state index < -0.39 is 15.9 Å². The van der Waals surface area contributed by atoms with Gasteiger partial charge in [0.05, 0.1) is 16.1 Å². The average Bonchev–Trinajstić information content (AvgIpc) is 3.51. The van der Waals surface area contributed by atoms with Gasteiger partial charge in [0.1, 0.15) is 0 Å². The van der Waals surface area contributed by atoms with Crippen LogP contribution in [0.4, 0.5) is 5.69 Å². The number of carbonyl (C=O) groups is 1. The molecule has 2 aromatic carbocycles. The van der Waals surface area contributed by atoms with Gasteiger partial charge in [-0.3, -0.25) is 4.79 Å². The number of anilines is 1. The predicted molar refractivity (Wildman–Crippen MR) is 128 cm³/mol. The summed E-state index contributed by atoms with van der Waals surface area (Å²) >= 11 is 1.36. The van der Waals surface area contributed by atoms with Crippen molar-refractivity contribution in [2.45, 2.75) is 29.9 Å². The van der Waals surface area contributed by atoms with Crippen molar-refractivity contribution in [3.8, 4) is 11.5 Å². The first-order chi connectivity index (χ1) is 15.9. The van der Waals surface area contributed by atoms with Gasteiger partial charge in [0, 0.05) is 24.4 Å². The van der Waals surface area contributed by atoms with Crippen LogP contribution in [0.5, 0.6) is 0 Å². The van der Waals surface area contributed by atoms with Gasteiger partial charge in [-0.15, -0.1) is 16.8 Å². The van der Waals surface area contributed by atoms with Crippen molar-refractivity contribution in [2.24, 2.45) is 0 Å². The summed E-state index contributed by atoms with van der Waals surface area (Å²) in [5.41, 5.74) is 1.91. The minimum Gasteiger partial charge on any atom is -0.411 e. The number of nitrogens with one attached hydrogen (secondary N) is 1. The van der Waals surface area contributed by atoms with Gasteiger partial charge < -0.3 is 9.73 Å². The molecule has 4 rings (SSSR count). The minimum absolute atomic E-state index is 0.158. The highest BCUT2D eigenvalue weighted by Crippen LogP contribution is 2.30. The normalized spacial score (nSPS) is 14.3. The van der Waals surface area contributed by atoms with Gasteiger partial charge in [-0.2, -0.15) is 4.31 Å². The van der Waals surface area contributed by atoms with Crippen LogP contribution in [0.15, 0.2) is 69.7 Å². The highest BCUT2D eigenvalue weighted by atomic mass is 32.2. The number of aryl methyl sites for hydroxylation is 1. The number of hydrogen-bond acceptors (Lipinski definition) is 7. The maximum Gasteiger partial charge on any atom is 0.277 e. The quantitative estimate of drug-likeness (QED) is 0.374. The molecule has 3 aromatic rings. The van der Waals surface area contributed by atoms with E-state index in [0.717, 1.165) is 12.8 Å². The molecule has 2 heterocycles. The summed E-state index contributed by atoms with van der Waals surface area (Å²) in [5, 5.41) is 11.3. The largest absolute Gasteiger partial charge is 0.411 e. The maximum absolute atomic E-state index is 13.1. The molecular formula is C23H24N4O4S2. The molecule has 1 amide bonds. The Hall–Kier alpha value is -2.95. The molecule has 10 heteroatoms. The van der Waals surface area contributed by atoms with E-state index in [2.05, 4.69) is 22.1 Å². The monoisotopic (exact) mass is 484 g/mol.